The van der Waals surface area contributed by atoms with Gasteiger partial charge in [0.2, 0.25) is 0 Å². The fourth-order valence-electron chi connectivity index (χ4n) is 0.819. The van der Waals surface area contributed by atoms with Crippen LogP contribution in [0.3, 0.4) is 0 Å². The number of rotatable bonds is 3. The standard InChI is InChI=1S/C7H9O5P.Na/c1-11-6-4-2-3-5-7(6)12-13(8,9)10;/h2-5H,1H3,(H2,8,9,10);/q;+1/p-1. The van der Waals surface area contributed by atoms with Crippen LogP contribution in [0.1, 0.15) is 0 Å². The van der Waals surface area contributed by atoms with Gasteiger partial charge in [0.1, 0.15) is 0 Å². The third kappa shape index (κ3) is 4.46. The Balaban J connectivity index is 0.00000169. The van der Waals surface area contributed by atoms with E-state index in [2.05, 4.69) is 4.52 Å². The second kappa shape index (κ2) is 5.75. The van der Waals surface area contributed by atoms with Crippen LogP contribution in [0, 0.1) is 0 Å². The second-order valence-electron chi connectivity index (χ2n) is 2.21. The van der Waals surface area contributed by atoms with E-state index < -0.39 is 7.82 Å². The molecule has 0 amide bonds. The van der Waals surface area contributed by atoms with Crippen molar-refractivity contribution in [3.05, 3.63) is 24.3 Å². The molecule has 0 aliphatic heterocycles. The average Bonchev–Trinajstić information content (AvgIpc) is 2.02. The Kier molecular flexibility index (Phi) is 5.74. The van der Waals surface area contributed by atoms with Crippen LogP contribution in [0.2, 0.25) is 0 Å². The number of methoxy groups -OCH3 is 1. The molecule has 0 aliphatic carbocycles. The molecular weight excluding hydrogens is 218 g/mol. The Labute approximate surface area is 104 Å². The van der Waals surface area contributed by atoms with Crippen LogP contribution in [0.25, 0.3) is 0 Å². The van der Waals surface area contributed by atoms with E-state index >= 15 is 0 Å². The van der Waals surface area contributed by atoms with Crippen LogP contribution in [-0.4, -0.2) is 12.0 Å². The zero-order valence-electron chi connectivity index (χ0n) is 7.84. The summed E-state index contributed by atoms with van der Waals surface area (Å²) in [4.78, 5) is 18.8. The number of ether oxygens (including phenoxy) is 1. The van der Waals surface area contributed by atoms with Gasteiger partial charge in [0.15, 0.2) is 11.5 Å². The minimum Gasteiger partial charge on any atom is -0.746 e. The fraction of sp³-hybridized carbons (Fsp3) is 0.143. The van der Waals surface area contributed by atoms with Gasteiger partial charge in [0.25, 0.3) is 0 Å². The Morgan fingerprint density at radius 3 is 2.29 bits per heavy atom. The van der Waals surface area contributed by atoms with Gasteiger partial charge in [-0.1, -0.05) is 12.1 Å². The first kappa shape index (κ1) is 14.0. The number of para-hydroxylation sites is 2. The zero-order chi connectivity index (χ0) is 9.90. The Morgan fingerprint density at radius 2 is 1.86 bits per heavy atom. The fourth-order valence-corrected chi connectivity index (χ4v) is 1.22. The summed E-state index contributed by atoms with van der Waals surface area (Å²) in [6, 6.07) is 6.11. The van der Waals surface area contributed by atoms with Crippen LogP contribution >= 0.6 is 7.82 Å². The summed E-state index contributed by atoms with van der Waals surface area (Å²) in [5.74, 6) is 0.207. The molecule has 1 aromatic carbocycles. The molecule has 5 nitrogen and oxygen atoms in total. The van der Waals surface area contributed by atoms with Gasteiger partial charge in [-0.15, -0.1) is 0 Å². The van der Waals surface area contributed by atoms with Gasteiger partial charge in [-0.25, -0.2) is 0 Å². The van der Waals surface area contributed by atoms with E-state index in [0.29, 0.717) is 0 Å². The first-order chi connectivity index (χ1) is 6.03. The van der Waals surface area contributed by atoms with E-state index in [1.54, 1.807) is 12.1 Å². The van der Waals surface area contributed by atoms with Crippen molar-refractivity contribution in [1.82, 2.24) is 0 Å². The predicted molar refractivity (Wildman–Crippen MR) is 43.4 cm³/mol. The van der Waals surface area contributed by atoms with E-state index in [4.69, 9.17) is 9.63 Å². The van der Waals surface area contributed by atoms with Gasteiger partial charge in [-0.3, -0.25) is 4.57 Å². The number of phosphoric acid groups is 1. The van der Waals surface area contributed by atoms with Crippen molar-refractivity contribution in [2.45, 2.75) is 0 Å². The van der Waals surface area contributed by atoms with Crippen LogP contribution in [-0.2, 0) is 4.57 Å². The van der Waals surface area contributed by atoms with Gasteiger partial charge >= 0.3 is 37.4 Å². The molecule has 0 spiro atoms. The van der Waals surface area contributed by atoms with Crippen molar-refractivity contribution in [3.63, 3.8) is 0 Å². The molecule has 0 saturated carbocycles. The van der Waals surface area contributed by atoms with Crippen molar-refractivity contribution in [2.24, 2.45) is 0 Å². The van der Waals surface area contributed by atoms with Gasteiger partial charge in [0.05, 0.1) is 7.11 Å². The summed E-state index contributed by atoms with van der Waals surface area (Å²) in [7, 11) is -3.39. The molecule has 7 heteroatoms. The minimum atomic E-state index is -4.76. The molecular formula is C7H8NaO5P. The quantitative estimate of drug-likeness (QED) is 0.456. The van der Waals surface area contributed by atoms with Crippen LogP contribution in [0.15, 0.2) is 24.3 Å². The summed E-state index contributed by atoms with van der Waals surface area (Å²) in [5.41, 5.74) is 0. The van der Waals surface area contributed by atoms with E-state index in [9.17, 15) is 9.46 Å². The number of benzene rings is 1. The summed E-state index contributed by atoms with van der Waals surface area (Å²) in [5, 5.41) is 0. The first-order valence-corrected chi connectivity index (χ1v) is 4.89. The third-order valence-corrected chi connectivity index (χ3v) is 1.71. The van der Waals surface area contributed by atoms with E-state index in [1.807, 2.05) is 0 Å². The Bertz CT molecular complexity index is 337. The van der Waals surface area contributed by atoms with Crippen LogP contribution in [0.4, 0.5) is 0 Å². The smallest absolute Gasteiger partial charge is 0.746 e. The molecule has 0 heterocycles. The molecule has 0 aromatic heterocycles. The molecule has 1 unspecified atom stereocenters. The maximum Gasteiger partial charge on any atom is 1.00 e. The summed E-state index contributed by atoms with van der Waals surface area (Å²) in [6.45, 7) is 0. The normalized spacial score (nSPS) is 13.6. The Hall–Kier alpha value is -0.0300. The van der Waals surface area contributed by atoms with Crippen molar-refractivity contribution in [1.29, 1.82) is 0 Å². The zero-order valence-corrected chi connectivity index (χ0v) is 10.7. The van der Waals surface area contributed by atoms with E-state index in [1.165, 1.54) is 19.2 Å². The summed E-state index contributed by atoms with van der Waals surface area (Å²) >= 11 is 0. The Morgan fingerprint density at radius 1 is 1.36 bits per heavy atom. The molecule has 14 heavy (non-hydrogen) atoms. The average molecular weight is 226 g/mol. The molecule has 0 saturated heterocycles. The predicted octanol–water partition coefficient (Wildman–Crippen LogP) is -2.46. The molecule has 1 atom stereocenters. The maximum absolute atomic E-state index is 10.4. The summed E-state index contributed by atoms with van der Waals surface area (Å²) in [6.07, 6.45) is 0. The van der Waals surface area contributed by atoms with Crippen LogP contribution in [0.5, 0.6) is 11.5 Å². The van der Waals surface area contributed by atoms with Gasteiger partial charge < -0.3 is 19.0 Å². The topological polar surface area (TPSA) is 78.8 Å². The maximum atomic E-state index is 10.4. The molecule has 1 aromatic rings. The largest absolute Gasteiger partial charge is 1.00 e. The molecule has 72 valence electrons. The molecule has 0 fully saturated rings. The number of hydrogen-bond donors (Lipinski definition) is 1. The molecule has 1 N–H and O–H groups in total. The third-order valence-electron chi connectivity index (χ3n) is 1.28. The molecule has 1 rings (SSSR count). The molecule has 0 aliphatic rings. The van der Waals surface area contributed by atoms with Crippen molar-refractivity contribution in [3.8, 4) is 11.5 Å². The van der Waals surface area contributed by atoms with Gasteiger partial charge in [-0.05, 0) is 12.1 Å². The molecule has 0 bridgehead atoms. The SMILES string of the molecule is COc1ccccc1OP(=O)([O-])O.[Na+]. The number of phosphoric ester groups is 1. The first-order valence-electron chi connectivity index (χ1n) is 3.39. The van der Waals surface area contributed by atoms with E-state index in [0.717, 1.165) is 0 Å². The van der Waals surface area contributed by atoms with E-state index in [-0.39, 0.29) is 41.1 Å². The minimum absolute atomic E-state index is 0. The molecule has 0 radical (unpaired) electrons. The number of hydrogen-bond acceptors (Lipinski definition) is 4. The van der Waals surface area contributed by atoms with Crippen molar-refractivity contribution < 1.29 is 53.2 Å². The van der Waals surface area contributed by atoms with Crippen molar-refractivity contribution in [2.75, 3.05) is 7.11 Å². The van der Waals surface area contributed by atoms with Gasteiger partial charge in [0, 0.05) is 0 Å². The van der Waals surface area contributed by atoms with Crippen molar-refractivity contribution >= 4 is 7.82 Å². The summed E-state index contributed by atoms with van der Waals surface area (Å²) < 4.78 is 19.4. The second-order valence-corrected chi connectivity index (χ2v) is 3.33. The van der Waals surface area contributed by atoms with Crippen LogP contribution < -0.4 is 43.7 Å². The van der Waals surface area contributed by atoms with Gasteiger partial charge in [-0.2, -0.15) is 0 Å². The monoisotopic (exact) mass is 226 g/mol.